The highest BCUT2D eigenvalue weighted by Crippen LogP contribution is 2.29. The Morgan fingerprint density at radius 3 is 2.62 bits per heavy atom. The van der Waals surface area contributed by atoms with Crippen molar-refractivity contribution in [1.82, 2.24) is 15.6 Å². The van der Waals surface area contributed by atoms with Crippen LogP contribution in [-0.2, 0) is 25.5 Å². The molecule has 8 nitrogen and oxygen atoms in total. The summed E-state index contributed by atoms with van der Waals surface area (Å²) in [6, 6.07) is 7.39. The summed E-state index contributed by atoms with van der Waals surface area (Å²) in [5.41, 5.74) is 1.38. The normalized spacial score (nSPS) is 16.0. The zero-order valence-corrected chi connectivity index (χ0v) is 21.5. The number of rotatable bonds is 15. The van der Waals surface area contributed by atoms with Crippen molar-refractivity contribution in [2.24, 2.45) is 5.92 Å². The maximum absolute atomic E-state index is 13.3. The van der Waals surface area contributed by atoms with Gasteiger partial charge in [0.05, 0.1) is 24.1 Å². The third kappa shape index (κ3) is 8.05. The molecule has 1 aromatic carbocycles. The van der Waals surface area contributed by atoms with Crippen LogP contribution < -0.4 is 10.6 Å². The van der Waals surface area contributed by atoms with Crippen LogP contribution in [-0.4, -0.2) is 52.7 Å². The Hall–Kier alpha value is -3.39. The van der Waals surface area contributed by atoms with Gasteiger partial charge in [-0.15, -0.1) is 13.2 Å². The fraction of sp³-hybridized carbons (Fsp3) is 0.483. The first kappa shape index (κ1) is 28.2. The molecule has 0 radical (unpaired) electrons. The molecule has 0 bridgehead atoms. The SMILES string of the molecule is C=CCCC(=O)OCC(Cc1c[nH]c2ccccc12)NC(=O)C(CC=C)CC(=O)NC1(CO)CCCC1. The number of carbonyl (C=O) groups excluding carboxylic acids is 3. The van der Waals surface area contributed by atoms with E-state index in [1.54, 1.807) is 12.2 Å². The summed E-state index contributed by atoms with van der Waals surface area (Å²) in [6.07, 6.45) is 10.1. The van der Waals surface area contributed by atoms with Gasteiger partial charge in [0.15, 0.2) is 0 Å². The molecule has 2 unspecified atom stereocenters. The summed E-state index contributed by atoms with van der Waals surface area (Å²) in [5.74, 6) is -1.55. The molecule has 1 aromatic heterocycles. The van der Waals surface area contributed by atoms with E-state index in [0.29, 0.717) is 19.3 Å². The summed E-state index contributed by atoms with van der Waals surface area (Å²) < 4.78 is 5.47. The van der Waals surface area contributed by atoms with E-state index in [1.807, 2.05) is 30.5 Å². The molecular formula is C29H39N3O5. The van der Waals surface area contributed by atoms with Crippen molar-refractivity contribution in [2.75, 3.05) is 13.2 Å². The predicted molar refractivity (Wildman–Crippen MR) is 144 cm³/mol. The fourth-order valence-electron chi connectivity index (χ4n) is 4.95. The largest absolute Gasteiger partial charge is 0.463 e. The van der Waals surface area contributed by atoms with Crippen molar-refractivity contribution >= 4 is 28.7 Å². The first-order valence-corrected chi connectivity index (χ1v) is 13.0. The molecule has 2 atom stereocenters. The number of carbonyl (C=O) groups is 3. The summed E-state index contributed by atoms with van der Waals surface area (Å²) in [4.78, 5) is 41.5. The average molecular weight is 510 g/mol. The quantitative estimate of drug-likeness (QED) is 0.216. The lowest BCUT2D eigenvalue weighted by Gasteiger charge is -2.29. The standard InChI is InChI=1S/C29H39N3O5/c1-3-5-13-27(35)37-19-23(16-22-18-30-25-12-7-6-11-24(22)25)31-28(36)21(10-4-2)17-26(34)32-29(20-33)14-8-9-15-29/h3-4,6-7,11-12,18,21,23,30,33H,1-2,5,8-10,13-17,19-20H2,(H,31,36)(H,32,34). The number of aromatic amines is 1. The van der Waals surface area contributed by atoms with E-state index in [-0.39, 0.29) is 43.8 Å². The zero-order chi connectivity index (χ0) is 26.7. The Bertz CT molecular complexity index is 1090. The summed E-state index contributed by atoms with van der Waals surface area (Å²) in [6.45, 7) is 7.28. The van der Waals surface area contributed by atoms with Crippen molar-refractivity contribution in [3.8, 4) is 0 Å². The highest BCUT2D eigenvalue weighted by Gasteiger charge is 2.35. The van der Waals surface area contributed by atoms with Gasteiger partial charge in [0.2, 0.25) is 11.8 Å². The Balaban J connectivity index is 1.69. The number of allylic oxidation sites excluding steroid dienone is 2. The molecule has 1 aliphatic carbocycles. The van der Waals surface area contributed by atoms with Gasteiger partial charge in [0, 0.05) is 29.9 Å². The number of ether oxygens (including phenoxy) is 1. The number of aliphatic hydroxyl groups is 1. The summed E-state index contributed by atoms with van der Waals surface area (Å²) >= 11 is 0. The number of esters is 1. The average Bonchev–Trinajstić information content (AvgIpc) is 3.53. The number of H-pyrrole nitrogens is 1. The van der Waals surface area contributed by atoms with Crippen LogP contribution in [0.5, 0.6) is 0 Å². The van der Waals surface area contributed by atoms with Crippen molar-refractivity contribution < 1.29 is 24.2 Å². The molecule has 2 aromatic rings. The van der Waals surface area contributed by atoms with Gasteiger partial charge < -0.3 is 25.5 Å². The Kier molecular flexibility index (Phi) is 10.5. The van der Waals surface area contributed by atoms with Crippen molar-refractivity contribution in [1.29, 1.82) is 0 Å². The molecular weight excluding hydrogens is 470 g/mol. The zero-order valence-electron chi connectivity index (χ0n) is 21.5. The van der Waals surface area contributed by atoms with Crippen LogP contribution >= 0.6 is 0 Å². The first-order chi connectivity index (χ1) is 17.9. The van der Waals surface area contributed by atoms with Crippen molar-refractivity contribution in [3.05, 3.63) is 61.3 Å². The van der Waals surface area contributed by atoms with E-state index in [9.17, 15) is 19.5 Å². The molecule has 0 spiro atoms. The second-order valence-electron chi connectivity index (χ2n) is 9.90. The highest BCUT2D eigenvalue weighted by atomic mass is 16.5. The minimum absolute atomic E-state index is 0.0153. The molecule has 1 saturated carbocycles. The topological polar surface area (TPSA) is 121 Å². The molecule has 0 saturated heterocycles. The van der Waals surface area contributed by atoms with Crippen LogP contribution in [0.1, 0.15) is 56.9 Å². The van der Waals surface area contributed by atoms with Gasteiger partial charge in [-0.3, -0.25) is 14.4 Å². The van der Waals surface area contributed by atoms with Crippen LogP contribution in [0.2, 0.25) is 0 Å². The number of para-hydroxylation sites is 1. The lowest BCUT2D eigenvalue weighted by atomic mass is 9.95. The monoisotopic (exact) mass is 509 g/mol. The highest BCUT2D eigenvalue weighted by molar-refractivity contribution is 5.87. The Labute approximate surface area is 218 Å². The van der Waals surface area contributed by atoms with Crippen LogP contribution in [0.3, 0.4) is 0 Å². The minimum Gasteiger partial charge on any atom is -0.463 e. The number of nitrogens with one attached hydrogen (secondary N) is 3. The second kappa shape index (κ2) is 13.8. The van der Waals surface area contributed by atoms with Gasteiger partial charge >= 0.3 is 5.97 Å². The fourth-order valence-corrected chi connectivity index (χ4v) is 4.95. The number of benzene rings is 1. The Morgan fingerprint density at radius 1 is 1.16 bits per heavy atom. The number of fused-ring (bicyclic) bond motifs is 1. The maximum Gasteiger partial charge on any atom is 0.306 e. The maximum atomic E-state index is 13.3. The molecule has 4 N–H and O–H groups in total. The lowest BCUT2D eigenvalue weighted by molar-refractivity contribution is -0.145. The van der Waals surface area contributed by atoms with Gasteiger partial charge in [0.1, 0.15) is 6.61 Å². The van der Waals surface area contributed by atoms with Crippen molar-refractivity contribution in [2.45, 2.75) is 69.4 Å². The van der Waals surface area contributed by atoms with Crippen LogP contribution in [0.4, 0.5) is 0 Å². The molecule has 1 heterocycles. The number of hydrogen-bond donors (Lipinski definition) is 4. The molecule has 200 valence electrons. The van der Waals surface area contributed by atoms with E-state index in [1.165, 1.54) is 0 Å². The molecule has 1 aliphatic rings. The van der Waals surface area contributed by atoms with E-state index in [0.717, 1.165) is 42.1 Å². The van der Waals surface area contributed by atoms with Crippen LogP contribution in [0, 0.1) is 5.92 Å². The first-order valence-electron chi connectivity index (χ1n) is 13.0. The molecule has 8 heteroatoms. The number of amides is 2. The third-order valence-electron chi connectivity index (χ3n) is 7.01. The number of hydrogen-bond acceptors (Lipinski definition) is 5. The summed E-state index contributed by atoms with van der Waals surface area (Å²) in [7, 11) is 0. The summed E-state index contributed by atoms with van der Waals surface area (Å²) in [5, 5.41) is 16.8. The third-order valence-corrected chi connectivity index (χ3v) is 7.01. The van der Waals surface area contributed by atoms with Gasteiger partial charge in [-0.1, -0.05) is 43.2 Å². The van der Waals surface area contributed by atoms with Gasteiger partial charge in [-0.2, -0.15) is 0 Å². The van der Waals surface area contributed by atoms with Crippen molar-refractivity contribution in [3.63, 3.8) is 0 Å². The molecule has 3 rings (SSSR count). The molecule has 37 heavy (non-hydrogen) atoms. The van der Waals surface area contributed by atoms with E-state index < -0.39 is 17.5 Å². The predicted octanol–water partition coefficient (Wildman–Crippen LogP) is 3.71. The smallest absolute Gasteiger partial charge is 0.306 e. The van der Waals surface area contributed by atoms with E-state index in [2.05, 4.69) is 28.8 Å². The number of aromatic nitrogens is 1. The molecule has 1 fully saturated rings. The second-order valence-corrected chi connectivity index (χ2v) is 9.90. The van der Waals surface area contributed by atoms with Crippen LogP contribution in [0.15, 0.2) is 55.8 Å². The van der Waals surface area contributed by atoms with E-state index in [4.69, 9.17) is 4.74 Å². The van der Waals surface area contributed by atoms with Gasteiger partial charge in [-0.25, -0.2) is 0 Å². The van der Waals surface area contributed by atoms with E-state index >= 15 is 0 Å². The number of aliphatic hydroxyl groups excluding tert-OH is 1. The van der Waals surface area contributed by atoms with Gasteiger partial charge in [-0.05, 0) is 43.7 Å². The van der Waals surface area contributed by atoms with Crippen LogP contribution in [0.25, 0.3) is 10.9 Å². The minimum atomic E-state index is -0.628. The lowest BCUT2D eigenvalue weighted by Crippen LogP contribution is -2.50. The van der Waals surface area contributed by atoms with Gasteiger partial charge in [0.25, 0.3) is 0 Å². The molecule has 2 amide bonds. The Morgan fingerprint density at radius 2 is 1.92 bits per heavy atom. The molecule has 0 aliphatic heterocycles.